The van der Waals surface area contributed by atoms with Gasteiger partial charge in [-0.3, -0.25) is 4.98 Å². The summed E-state index contributed by atoms with van der Waals surface area (Å²) in [5.74, 6) is 1.90. The van der Waals surface area contributed by atoms with Crippen LogP contribution in [0, 0.1) is 3.57 Å². The topological polar surface area (TPSA) is 64.7 Å². The van der Waals surface area contributed by atoms with Crippen LogP contribution in [0.2, 0.25) is 0 Å². The molecule has 2 aromatic rings. The zero-order valence-electron chi connectivity index (χ0n) is 10.7. The van der Waals surface area contributed by atoms with Gasteiger partial charge in [0, 0.05) is 23.9 Å². The zero-order chi connectivity index (χ0) is 13.4. The van der Waals surface area contributed by atoms with Crippen LogP contribution in [-0.4, -0.2) is 15.0 Å². The van der Waals surface area contributed by atoms with Crippen molar-refractivity contribution < 1.29 is 0 Å². The number of pyridine rings is 1. The fourth-order valence-electron chi connectivity index (χ4n) is 2.16. The Morgan fingerprint density at radius 1 is 1.37 bits per heavy atom. The molecule has 0 aromatic carbocycles. The monoisotopic (exact) mass is 366 g/mol. The Kier molecular flexibility index (Phi) is 3.38. The van der Waals surface area contributed by atoms with E-state index in [1.807, 2.05) is 12.3 Å². The summed E-state index contributed by atoms with van der Waals surface area (Å²) in [6.07, 6.45) is 7.00. The van der Waals surface area contributed by atoms with Crippen molar-refractivity contribution in [3.63, 3.8) is 0 Å². The highest BCUT2D eigenvalue weighted by Crippen LogP contribution is 2.42. The van der Waals surface area contributed by atoms with Crippen LogP contribution < -0.4 is 5.73 Å². The summed E-state index contributed by atoms with van der Waals surface area (Å²) in [5.41, 5.74) is 9.36. The molecule has 1 saturated carbocycles. The second kappa shape index (κ2) is 5.03. The van der Waals surface area contributed by atoms with Gasteiger partial charge in [-0.1, -0.05) is 6.92 Å². The third-order valence-corrected chi connectivity index (χ3v) is 4.50. The summed E-state index contributed by atoms with van der Waals surface area (Å²) < 4.78 is 1.01. The van der Waals surface area contributed by atoms with Crippen molar-refractivity contribution in [1.29, 1.82) is 0 Å². The largest absolute Gasteiger partial charge is 0.383 e. The first-order chi connectivity index (χ1) is 9.20. The van der Waals surface area contributed by atoms with E-state index in [2.05, 4.69) is 39.5 Å². The van der Waals surface area contributed by atoms with Gasteiger partial charge in [-0.05, 0) is 53.5 Å². The van der Waals surface area contributed by atoms with Gasteiger partial charge in [-0.2, -0.15) is 0 Å². The standard InChI is InChI=1S/C14H15IN4/c1-2-8-7-17-6-5-10(8)14-18-12(9-3-4-9)11(15)13(16)19-14/h5-7,9H,2-4H2,1H3,(H2,16,18,19). The van der Waals surface area contributed by atoms with Gasteiger partial charge in [0.25, 0.3) is 0 Å². The van der Waals surface area contributed by atoms with Crippen LogP contribution in [0.25, 0.3) is 11.4 Å². The number of rotatable bonds is 3. The summed E-state index contributed by atoms with van der Waals surface area (Å²) in [5, 5.41) is 0. The van der Waals surface area contributed by atoms with Crippen LogP contribution in [0.15, 0.2) is 18.5 Å². The zero-order valence-corrected chi connectivity index (χ0v) is 12.9. The number of aromatic nitrogens is 3. The van der Waals surface area contributed by atoms with E-state index in [-0.39, 0.29) is 0 Å². The average molecular weight is 366 g/mol. The molecule has 19 heavy (non-hydrogen) atoms. The molecule has 5 heteroatoms. The first kappa shape index (κ1) is 12.8. The quantitative estimate of drug-likeness (QED) is 0.848. The first-order valence-electron chi connectivity index (χ1n) is 6.46. The molecule has 98 valence electrons. The predicted octanol–water partition coefficient (Wildman–Crippen LogP) is 3.17. The second-order valence-electron chi connectivity index (χ2n) is 4.79. The van der Waals surface area contributed by atoms with E-state index in [0.717, 1.165) is 32.6 Å². The lowest BCUT2D eigenvalue weighted by atomic mass is 10.1. The van der Waals surface area contributed by atoms with Crippen LogP contribution in [-0.2, 0) is 6.42 Å². The van der Waals surface area contributed by atoms with Crippen molar-refractivity contribution >= 4 is 28.4 Å². The molecular weight excluding hydrogens is 351 g/mol. The Morgan fingerprint density at radius 2 is 2.16 bits per heavy atom. The molecule has 2 heterocycles. The van der Waals surface area contributed by atoms with Crippen molar-refractivity contribution in [3.05, 3.63) is 33.3 Å². The molecule has 0 aliphatic heterocycles. The fourth-order valence-corrected chi connectivity index (χ4v) is 2.84. The molecule has 0 bridgehead atoms. The van der Waals surface area contributed by atoms with Gasteiger partial charge >= 0.3 is 0 Å². The average Bonchev–Trinajstić information content (AvgIpc) is 3.26. The Bertz CT molecular complexity index is 623. The highest BCUT2D eigenvalue weighted by molar-refractivity contribution is 14.1. The number of hydrogen-bond acceptors (Lipinski definition) is 4. The number of nitrogens with two attached hydrogens (primary N) is 1. The molecule has 2 N–H and O–H groups in total. The number of halogens is 1. The summed E-state index contributed by atoms with van der Waals surface area (Å²) in [7, 11) is 0. The predicted molar refractivity (Wildman–Crippen MR) is 83.7 cm³/mol. The number of nitrogens with zero attached hydrogens (tertiary/aromatic N) is 3. The molecule has 0 saturated heterocycles. The van der Waals surface area contributed by atoms with Crippen molar-refractivity contribution in [1.82, 2.24) is 15.0 Å². The number of aryl methyl sites for hydroxylation is 1. The molecule has 3 rings (SSSR count). The maximum Gasteiger partial charge on any atom is 0.162 e. The highest BCUT2D eigenvalue weighted by Gasteiger charge is 2.29. The van der Waals surface area contributed by atoms with Crippen LogP contribution in [0.1, 0.15) is 36.9 Å². The van der Waals surface area contributed by atoms with Crippen molar-refractivity contribution in [2.75, 3.05) is 5.73 Å². The van der Waals surface area contributed by atoms with E-state index in [4.69, 9.17) is 10.7 Å². The Labute approximate surface area is 126 Å². The molecule has 0 unspecified atom stereocenters. The highest BCUT2D eigenvalue weighted by atomic mass is 127. The lowest BCUT2D eigenvalue weighted by molar-refractivity contribution is 0.976. The maximum absolute atomic E-state index is 6.04. The SMILES string of the molecule is CCc1cnccc1-c1nc(N)c(I)c(C2CC2)n1. The second-order valence-corrected chi connectivity index (χ2v) is 5.87. The van der Waals surface area contributed by atoms with Gasteiger partial charge in [0.15, 0.2) is 5.82 Å². The summed E-state index contributed by atoms with van der Waals surface area (Å²) in [6, 6.07) is 1.97. The van der Waals surface area contributed by atoms with Crippen molar-refractivity contribution in [2.45, 2.75) is 32.1 Å². The van der Waals surface area contributed by atoms with E-state index in [1.54, 1.807) is 6.20 Å². The smallest absolute Gasteiger partial charge is 0.162 e. The minimum Gasteiger partial charge on any atom is -0.383 e. The van der Waals surface area contributed by atoms with Gasteiger partial charge in [0.05, 0.1) is 9.26 Å². The molecule has 1 fully saturated rings. The number of hydrogen-bond donors (Lipinski definition) is 1. The summed E-state index contributed by atoms with van der Waals surface area (Å²) >= 11 is 2.25. The Balaban J connectivity index is 2.14. The molecule has 0 amide bonds. The maximum atomic E-state index is 6.04. The molecule has 4 nitrogen and oxygen atoms in total. The first-order valence-corrected chi connectivity index (χ1v) is 7.54. The molecular formula is C14H15IN4. The van der Waals surface area contributed by atoms with Gasteiger partial charge < -0.3 is 5.73 Å². The minimum atomic E-state index is 0.572. The van der Waals surface area contributed by atoms with E-state index in [9.17, 15) is 0 Å². The molecule has 2 aromatic heterocycles. The Hall–Kier alpha value is -1.24. The summed E-state index contributed by atoms with van der Waals surface area (Å²) in [6.45, 7) is 2.11. The van der Waals surface area contributed by atoms with Crippen molar-refractivity contribution in [3.8, 4) is 11.4 Å². The van der Waals surface area contributed by atoms with E-state index in [0.29, 0.717) is 11.7 Å². The summed E-state index contributed by atoms with van der Waals surface area (Å²) in [4.78, 5) is 13.4. The van der Waals surface area contributed by atoms with Crippen LogP contribution in [0.5, 0.6) is 0 Å². The van der Waals surface area contributed by atoms with E-state index in [1.165, 1.54) is 12.8 Å². The van der Waals surface area contributed by atoms with E-state index < -0.39 is 0 Å². The fraction of sp³-hybridized carbons (Fsp3) is 0.357. The number of nitrogen functional groups attached to an aromatic ring is 1. The van der Waals surface area contributed by atoms with Crippen LogP contribution in [0.4, 0.5) is 5.82 Å². The molecule has 1 aliphatic carbocycles. The molecule has 0 atom stereocenters. The van der Waals surface area contributed by atoms with E-state index >= 15 is 0 Å². The third-order valence-electron chi connectivity index (χ3n) is 3.39. The van der Waals surface area contributed by atoms with Crippen LogP contribution in [0.3, 0.4) is 0 Å². The van der Waals surface area contributed by atoms with Crippen molar-refractivity contribution in [2.24, 2.45) is 0 Å². The van der Waals surface area contributed by atoms with Gasteiger partial charge in [0.1, 0.15) is 5.82 Å². The Morgan fingerprint density at radius 3 is 2.84 bits per heavy atom. The molecule has 0 spiro atoms. The normalized spacial score (nSPS) is 14.6. The van der Waals surface area contributed by atoms with Gasteiger partial charge in [0.2, 0.25) is 0 Å². The lowest BCUT2D eigenvalue weighted by Gasteiger charge is -2.10. The molecule has 1 aliphatic rings. The number of anilines is 1. The lowest BCUT2D eigenvalue weighted by Crippen LogP contribution is -2.05. The van der Waals surface area contributed by atoms with Gasteiger partial charge in [-0.25, -0.2) is 9.97 Å². The van der Waals surface area contributed by atoms with Crippen LogP contribution >= 0.6 is 22.6 Å². The third kappa shape index (κ3) is 2.43. The minimum absolute atomic E-state index is 0.572. The molecule has 0 radical (unpaired) electrons. The van der Waals surface area contributed by atoms with Gasteiger partial charge in [-0.15, -0.1) is 0 Å².